The van der Waals surface area contributed by atoms with Crippen LogP contribution in [0.2, 0.25) is 0 Å². The summed E-state index contributed by atoms with van der Waals surface area (Å²) in [7, 11) is 0. The highest BCUT2D eigenvalue weighted by Crippen LogP contribution is 2.30. The van der Waals surface area contributed by atoms with Crippen molar-refractivity contribution in [3.63, 3.8) is 0 Å². The van der Waals surface area contributed by atoms with Crippen molar-refractivity contribution in [1.29, 1.82) is 0 Å². The Kier molecular flexibility index (Phi) is 4.87. The summed E-state index contributed by atoms with van der Waals surface area (Å²) < 4.78 is 11.4. The Labute approximate surface area is 129 Å². The Morgan fingerprint density at radius 1 is 1.29 bits per heavy atom. The molecule has 0 aromatic heterocycles. The molecule has 1 fully saturated rings. The number of thioether (sulfide) groups is 1. The Bertz CT molecular complexity index is 492. The first-order valence-corrected chi connectivity index (χ1v) is 8.42. The van der Waals surface area contributed by atoms with Gasteiger partial charge in [0.25, 0.3) is 0 Å². The standard InChI is InChI=1S/C15H20N2O3S/c18-15(10-17-5-7-21-8-6-17)16-9-12-11-19-13-3-1-2-4-14(13)20-12/h1-4,12H,5-11H2,(H,16,18)/t12-/m1/s1. The summed E-state index contributed by atoms with van der Waals surface area (Å²) in [5.74, 6) is 3.80. The number of ether oxygens (including phenoxy) is 2. The number of amides is 1. The molecule has 1 aromatic rings. The van der Waals surface area contributed by atoms with Gasteiger partial charge in [0.05, 0.1) is 13.1 Å². The first kappa shape index (κ1) is 14.5. The molecule has 0 aliphatic carbocycles. The molecular weight excluding hydrogens is 288 g/mol. The van der Waals surface area contributed by atoms with Gasteiger partial charge in [-0.1, -0.05) is 12.1 Å². The van der Waals surface area contributed by atoms with Crippen LogP contribution < -0.4 is 14.8 Å². The van der Waals surface area contributed by atoms with Gasteiger partial charge in [-0.15, -0.1) is 0 Å². The predicted octanol–water partition coefficient (Wildman–Crippen LogP) is 0.991. The summed E-state index contributed by atoms with van der Waals surface area (Å²) in [5.41, 5.74) is 0. The van der Waals surface area contributed by atoms with Gasteiger partial charge in [-0.05, 0) is 12.1 Å². The second kappa shape index (κ2) is 7.04. The van der Waals surface area contributed by atoms with Crippen molar-refractivity contribution >= 4 is 17.7 Å². The van der Waals surface area contributed by atoms with Crippen LogP contribution in [0.15, 0.2) is 24.3 Å². The highest BCUT2D eigenvalue weighted by molar-refractivity contribution is 7.99. The van der Waals surface area contributed by atoms with Crippen LogP contribution in [0.1, 0.15) is 0 Å². The first-order chi connectivity index (χ1) is 10.3. The maximum absolute atomic E-state index is 11.9. The summed E-state index contributed by atoms with van der Waals surface area (Å²) in [6.07, 6.45) is -0.124. The Morgan fingerprint density at radius 2 is 2.05 bits per heavy atom. The van der Waals surface area contributed by atoms with Gasteiger partial charge in [-0.3, -0.25) is 9.69 Å². The highest BCUT2D eigenvalue weighted by Gasteiger charge is 2.21. The van der Waals surface area contributed by atoms with E-state index in [1.165, 1.54) is 0 Å². The van der Waals surface area contributed by atoms with Crippen molar-refractivity contribution in [2.24, 2.45) is 0 Å². The van der Waals surface area contributed by atoms with Crippen molar-refractivity contribution in [1.82, 2.24) is 10.2 Å². The molecule has 0 spiro atoms. The monoisotopic (exact) mass is 308 g/mol. The molecule has 2 aliphatic rings. The SMILES string of the molecule is O=C(CN1CCSCC1)NC[C@@H]1COc2ccccc2O1. The predicted molar refractivity (Wildman–Crippen MR) is 83.1 cm³/mol. The summed E-state index contributed by atoms with van der Waals surface area (Å²) in [4.78, 5) is 14.1. The molecule has 1 aromatic carbocycles. The highest BCUT2D eigenvalue weighted by atomic mass is 32.2. The molecule has 3 rings (SSSR count). The number of hydrogen-bond donors (Lipinski definition) is 1. The van der Waals surface area contributed by atoms with E-state index in [4.69, 9.17) is 9.47 Å². The first-order valence-electron chi connectivity index (χ1n) is 7.26. The Morgan fingerprint density at radius 3 is 2.86 bits per heavy atom. The minimum absolute atomic E-state index is 0.0596. The average molecular weight is 308 g/mol. The zero-order chi connectivity index (χ0) is 14.5. The van der Waals surface area contributed by atoms with Gasteiger partial charge in [-0.25, -0.2) is 0 Å². The van der Waals surface area contributed by atoms with Crippen LogP contribution in [-0.2, 0) is 4.79 Å². The van der Waals surface area contributed by atoms with Crippen LogP contribution in [0.4, 0.5) is 0 Å². The van der Waals surface area contributed by atoms with Crippen molar-refractivity contribution in [2.45, 2.75) is 6.10 Å². The minimum atomic E-state index is -0.124. The van der Waals surface area contributed by atoms with Gasteiger partial charge in [0.2, 0.25) is 5.91 Å². The average Bonchev–Trinajstić information content (AvgIpc) is 2.54. The van der Waals surface area contributed by atoms with E-state index in [1.807, 2.05) is 36.0 Å². The zero-order valence-corrected chi connectivity index (χ0v) is 12.7. The number of hydrogen-bond acceptors (Lipinski definition) is 5. The third-order valence-corrected chi connectivity index (χ3v) is 4.51. The van der Waals surface area contributed by atoms with Crippen LogP contribution in [0.25, 0.3) is 0 Å². The number of carbonyl (C=O) groups excluding carboxylic acids is 1. The number of fused-ring (bicyclic) bond motifs is 1. The quantitative estimate of drug-likeness (QED) is 0.899. The van der Waals surface area contributed by atoms with E-state index in [0.29, 0.717) is 19.7 Å². The van der Waals surface area contributed by atoms with Crippen LogP contribution in [0.5, 0.6) is 11.5 Å². The molecule has 1 N–H and O–H groups in total. The summed E-state index contributed by atoms with van der Waals surface area (Å²) in [6, 6.07) is 7.60. The Balaban J connectivity index is 1.42. The fraction of sp³-hybridized carbons (Fsp3) is 0.533. The maximum Gasteiger partial charge on any atom is 0.234 e. The van der Waals surface area contributed by atoms with E-state index in [9.17, 15) is 4.79 Å². The van der Waals surface area contributed by atoms with E-state index < -0.39 is 0 Å². The fourth-order valence-corrected chi connectivity index (χ4v) is 3.39. The molecule has 0 bridgehead atoms. The summed E-state index contributed by atoms with van der Waals surface area (Å²) in [6.45, 7) is 3.42. The molecule has 114 valence electrons. The number of benzene rings is 1. The molecule has 1 amide bonds. The van der Waals surface area contributed by atoms with Crippen molar-refractivity contribution in [3.8, 4) is 11.5 Å². The summed E-state index contributed by atoms with van der Waals surface area (Å²) >= 11 is 1.95. The molecule has 21 heavy (non-hydrogen) atoms. The van der Waals surface area contributed by atoms with Crippen LogP contribution in [0.3, 0.4) is 0 Å². The maximum atomic E-state index is 11.9. The van der Waals surface area contributed by atoms with Gasteiger partial charge < -0.3 is 14.8 Å². The van der Waals surface area contributed by atoms with Gasteiger partial charge in [0, 0.05) is 24.6 Å². The lowest BCUT2D eigenvalue weighted by molar-refractivity contribution is -0.122. The third-order valence-electron chi connectivity index (χ3n) is 3.57. The largest absolute Gasteiger partial charge is 0.486 e. The second-order valence-electron chi connectivity index (χ2n) is 5.19. The molecule has 0 unspecified atom stereocenters. The van der Waals surface area contributed by atoms with Crippen molar-refractivity contribution in [2.75, 3.05) is 44.3 Å². The number of carbonyl (C=O) groups is 1. The number of para-hydroxylation sites is 2. The topological polar surface area (TPSA) is 50.8 Å². The van der Waals surface area contributed by atoms with E-state index >= 15 is 0 Å². The molecule has 0 saturated carbocycles. The van der Waals surface area contributed by atoms with Crippen LogP contribution in [-0.4, -0.2) is 61.2 Å². The van der Waals surface area contributed by atoms with Crippen LogP contribution in [0, 0.1) is 0 Å². The van der Waals surface area contributed by atoms with Gasteiger partial charge in [0.15, 0.2) is 11.5 Å². The number of rotatable bonds is 4. The molecular formula is C15H20N2O3S. The molecule has 6 heteroatoms. The van der Waals surface area contributed by atoms with E-state index in [1.54, 1.807) is 0 Å². The number of nitrogens with one attached hydrogen (secondary N) is 1. The Hall–Kier alpha value is -1.40. The third kappa shape index (κ3) is 4.04. The zero-order valence-electron chi connectivity index (χ0n) is 11.9. The molecule has 2 heterocycles. The van der Waals surface area contributed by atoms with Crippen molar-refractivity contribution in [3.05, 3.63) is 24.3 Å². The number of nitrogens with zero attached hydrogens (tertiary/aromatic N) is 1. The summed E-state index contributed by atoms with van der Waals surface area (Å²) in [5, 5.41) is 2.94. The molecule has 2 aliphatic heterocycles. The van der Waals surface area contributed by atoms with E-state index in [0.717, 1.165) is 36.1 Å². The van der Waals surface area contributed by atoms with Crippen LogP contribution >= 0.6 is 11.8 Å². The van der Waals surface area contributed by atoms with E-state index in [-0.39, 0.29) is 12.0 Å². The van der Waals surface area contributed by atoms with Gasteiger partial charge in [0.1, 0.15) is 12.7 Å². The molecule has 1 atom stereocenters. The molecule has 0 radical (unpaired) electrons. The molecule has 1 saturated heterocycles. The lowest BCUT2D eigenvalue weighted by Gasteiger charge is -2.28. The van der Waals surface area contributed by atoms with Gasteiger partial charge >= 0.3 is 0 Å². The van der Waals surface area contributed by atoms with E-state index in [2.05, 4.69) is 10.2 Å². The second-order valence-corrected chi connectivity index (χ2v) is 6.41. The lowest BCUT2D eigenvalue weighted by Crippen LogP contribution is -2.45. The molecule has 5 nitrogen and oxygen atoms in total. The van der Waals surface area contributed by atoms with Crippen molar-refractivity contribution < 1.29 is 14.3 Å². The fourth-order valence-electron chi connectivity index (χ4n) is 2.41. The van der Waals surface area contributed by atoms with Gasteiger partial charge in [-0.2, -0.15) is 11.8 Å². The lowest BCUT2D eigenvalue weighted by atomic mass is 10.2. The normalized spacial score (nSPS) is 21.8. The minimum Gasteiger partial charge on any atom is -0.486 e. The smallest absolute Gasteiger partial charge is 0.234 e.